The Morgan fingerprint density at radius 3 is 2.60 bits per heavy atom. The van der Waals surface area contributed by atoms with Crippen molar-refractivity contribution in [3.05, 3.63) is 0 Å². The first-order chi connectivity index (χ1) is 9.22. The number of alkyl halides is 3. The molecule has 1 fully saturated rings. The van der Waals surface area contributed by atoms with Crippen LogP contribution >= 0.6 is 0 Å². The lowest BCUT2D eigenvalue weighted by atomic mass is 10.0. The lowest BCUT2D eigenvalue weighted by Gasteiger charge is -2.26. The molecule has 0 aromatic heterocycles. The molecule has 0 spiro atoms. The van der Waals surface area contributed by atoms with Crippen LogP contribution < -0.4 is 5.32 Å². The molecule has 20 heavy (non-hydrogen) atoms. The number of amides is 2. The van der Waals surface area contributed by atoms with Gasteiger partial charge in [0.25, 0.3) is 0 Å². The third kappa shape index (κ3) is 4.87. The van der Waals surface area contributed by atoms with Crippen LogP contribution in [-0.4, -0.2) is 61.0 Å². The van der Waals surface area contributed by atoms with Crippen molar-refractivity contribution in [2.45, 2.75) is 25.1 Å². The molecule has 2 unspecified atom stereocenters. The highest BCUT2D eigenvalue weighted by Crippen LogP contribution is 2.21. The Labute approximate surface area is 113 Å². The van der Waals surface area contributed by atoms with Gasteiger partial charge in [0.05, 0.1) is 19.3 Å². The minimum atomic E-state index is -4.25. The number of halogens is 3. The van der Waals surface area contributed by atoms with Gasteiger partial charge >= 0.3 is 18.2 Å². The van der Waals surface area contributed by atoms with E-state index in [9.17, 15) is 22.8 Å². The Morgan fingerprint density at radius 1 is 1.40 bits per heavy atom. The zero-order valence-corrected chi connectivity index (χ0v) is 10.9. The van der Waals surface area contributed by atoms with Crippen LogP contribution in [0, 0.1) is 5.92 Å². The van der Waals surface area contributed by atoms with Crippen LogP contribution in [0.3, 0.4) is 0 Å². The van der Waals surface area contributed by atoms with Crippen molar-refractivity contribution in [3.63, 3.8) is 0 Å². The maximum atomic E-state index is 11.9. The Hall–Kier alpha value is -1.51. The number of ether oxygens (including phenoxy) is 1. The fourth-order valence-corrected chi connectivity index (χ4v) is 1.92. The zero-order valence-electron chi connectivity index (χ0n) is 10.9. The van der Waals surface area contributed by atoms with Gasteiger partial charge in [0.15, 0.2) is 0 Å². The molecular formula is C11H17F3N2O4. The minimum absolute atomic E-state index is 0.0195. The molecule has 0 radical (unpaired) electrons. The van der Waals surface area contributed by atoms with Crippen molar-refractivity contribution in [2.75, 3.05) is 26.8 Å². The number of nitrogens with zero attached hydrogens (tertiary/aromatic N) is 1. The predicted octanol–water partition coefficient (Wildman–Crippen LogP) is 1.07. The number of urea groups is 1. The second-order valence-electron chi connectivity index (χ2n) is 4.61. The summed E-state index contributed by atoms with van der Waals surface area (Å²) >= 11 is 0. The van der Waals surface area contributed by atoms with E-state index in [0.29, 0.717) is 0 Å². The number of rotatable bonds is 5. The van der Waals surface area contributed by atoms with Gasteiger partial charge in [0, 0.05) is 20.0 Å². The molecule has 1 saturated heterocycles. The number of aliphatic carboxylic acids is 1. The fraction of sp³-hybridized carbons (Fsp3) is 0.818. The predicted molar refractivity (Wildman–Crippen MR) is 62.2 cm³/mol. The summed E-state index contributed by atoms with van der Waals surface area (Å²) in [5.41, 5.74) is 0. The van der Waals surface area contributed by atoms with Crippen LogP contribution in [0.5, 0.6) is 0 Å². The van der Waals surface area contributed by atoms with Gasteiger partial charge < -0.3 is 20.1 Å². The number of carbonyl (C=O) groups excluding carboxylic acids is 1. The summed E-state index contributed by atoms with van der Waals surface area (Å²) in [4.78, 5) is 23.8. The second-order valence-corrected chi connectivity index (χ2v) is 4.61. The Balaban J connectivity index is 2.37. The lowest BCUT2D eigenvalue weighted by Crippen LogP contribution is -2.48. The van der Waals surface area contributed by atoms with Crippen LogP contribution in [0.2, 0.25) is 0 Å². The Kier molecular flexibility index (Phi) is 5.61. The molecule has 0 bridgehead atoms. The normalized spacial score (nSPS) is 22.6. The SMILES string of the molecule is CN(C(=O)NCCCC(F)(F)F)C1COCC1C(=O)O. The maximum Gasteiger partial charge on any atom is 0.389 e. The number of likely N-dealkylation sites (N-methyl/N-ethyl adjacent to an activating group) is 1. The van der Waals surface area contributed by atoms with Crippen LogP contribution in [0.4, 0.5) is 18.0 Å². The van der Waals surface area contributed by atoms with E-state index in [2.05, 4.69) is 5.32 Å². The van der Waals surface area contributed by atoms with Gasteiger partial charge in [0.2, 0.25) is 0 Å². The van der Waals surface area contributed by atoms with Crippen LogP contribution in [0.25, 0.3) is 0 Å². The van der Waals surface area contributed by atoms with Gasteiger partial charge in [-0.25, -0.2) is 4.79 Å². The summed E-state index contributed by atoms with van der Waals surface area (Å²) < 4.78 is 40.8. The number of hydrogen-bond donors (Lipinski definition) is 2. The van der Waals surface area contributed by atoms with Crippen LogP contribution in [0.15, 0.2) is 0 Å². The largest absolute Gasteiger partial charge is 0.481 e. The molecule has 1 aliphatic heterocycles. The average molecular weight is 298 g/mol. The van der Waals surface area contributed by atoms with E-state index in [1.165, 1.54) is 11.9 Å². The second kappa shape index (κ2) is 6.78. The fourth-order valence-electron chi connectivity index (χ4n) is 1.92. The molecule has 2 N–H and O–H groups in total. The molecule has 0 aromatic carbocycles. The number of carboxylic acid groups (broad SMARTS) is 1. The highest BCUT2D eigenvalue weighted by molar-refractivity contribution is 5.77. The molecule has 1 heterocycles. The smallest absolute Gasteiger partial charge is 0.389 e. The van der Waals surface area contributed by atoms with Crippen molar-refractivity contribution in [1.82, 2.24) is 10.2 Å². The summed E-state index contributed by atoms with van der Waals surface area (Å²) in [5.74, 6) is -1.88. The van der Waals surface area contributed by atoms with Crippen LogP contribution in [0.1, 0.15) is 12.8 Å². The molecule has 0 aromatic rings. The molecular weight excluding hydrogens is 281 g/mol. The van der Waals surface area contributed by atoms with Gasteiger partial charge in [0.1, 0.15) is 5.92 Å². The first-order valence-corrected chi connectivity index (χ1v) is 6.10. The molecule has 116 valence electrons. The lowest BCUT2D eigenvalue weighted by molar-refractivity contribution is -0.142. The van der Waals surface area contributed by atoms with E-state index < -0.39 is 36.6 Å². The van der Waals surface area contributed by atoms with Gasteiger partial charge in [-0.15, -0.1) is 0 Å². The summed E-state index contributed by atoms with van der Waals surface area (Å²) in [7, 11) is 1.40. The summed E-state index contributed by atoms with van der Waals surface area (Å²) in [6.45, 7) is 0.00311. The first kappa shape index (κ1) is 16.5. The minimum Gasteiger partial charge on any atom is -0.481 e. The van der Waals surface area contributed by atoms with Crippen molar-refractivity contribution < 1.29 is 32.6 Å². The van der Waals surface area contributed by atoms with E-state index in [0.717, 1.165) is 0 Å². The molecule has 2 atom stereocenters. The maximum absolute atomic E-state index is 11.9. The molecule has 2 amide bonds. The summed E-state index contributed by atoms with van der Waals surface area (Å²) in [5, 5.41) is 11.3. The van der Waals surface area contributed by atoms with Crippen LogP contribution in [-0.2, 0) is 9.53 Å². The van der Waals surface area contributed by atoms with E-state index in [-0.39, 0.29) is 26.2 Å². The van der Waals surface area contributed by atoms with Gasteiger partial charge in [-0.2, -0.15) is 13.2 Å². The third-order valence-electron chi connectivity index (χ3n) is 3.10. The molecule has 0 aliphatic carbocycles. The highest BCUT2D eigenvalue weighted by atomic mass is 19.4. The first-order valence-electron chi connectivity index (χ1n) is 6.10. The number of hydrogen-bond acceptors (Lipinski definition) is 3. The van der Waals surface area contributed by atoms with Crippen molar-refractivity contribution in [2.24, 2.45) is 5.92 Å². The van der Waals surface area contributed by atoms with Gasteiger partial charge in [-0.05, 0) is 6.42 Å². The van der Waals surface area contributed by atoms with Crippen molar-refractivity contribution in [1.29, 1.82) is 0 Å². The Morgan fingerprint density at radius 2 is 2.05 bits per heavy atom. The summed E-state index contributed by atoms with van der Waals surface area (Å²) in [6.07, 6.45) is -5.43. The molecule has 0 saturated carbocycles. The highest BCUT2D eigenvalue weighted by Gasteiger charge is 2.38. The zero-order chi connectivity index (χ0) is 15.3. The molecule has 1 rings (SSSR count). The summed E-state index contributed by atoms with van der Waals surface area (Å²) in [6, 6.07) is -1.22. The van der Waals surface area contributed by atoms with Gasteiger partial charge in [-0.3, -0.25) is 4.79 Å². The van der Waals surface area contributed by atoms with E-state index in [4.69, 9.17) is 9.84 Å². The van der Waals surface area contributed by atoms with Gasteiger partial charge in [-0.1, -0.05) is 0 Å². The quantitative estimate of drug-likeness (QED) is 0.744. The van der Waals surface area contributed by atoms with E-state index in [1.807, 2.05) is 0 Å². The standard InChI is InChI=1S/C11H17F3N2O4/c1-16(8-6-20-5-7(8)9(17)18)10(19)15-4-2-3-11(12,13)14/h7-8H,2-6H2,1H3,(H,15,19)(H,17,18). The number of nitrogens with one attached hydrogen (secondary N) is 1. The third-order valence-corrected chi connectivity index (χ3v) is 3.10. The molecule has 1 aliphatic rings. The van der Waals surface area contributed by atoms with Crippen molar-refractivity contribution in [3.8, 4) is 0 Å². The van der Waals surface area contributed by atoms with Crippen molar-refractivity contribution >= 4 is 12.0 Å². The number of carbonyl (C=O) groups is 2. The average Bonchev–Trinajstić information content (AvgIpc) is 2.81. The molecule has 9 heteroatoms. The number of carboxylic acids is 1. The Bertz CT molecular complexity index is 362. The topological polar surface area (TPSA) is 78.9 Å². The monoisotopic (exact) mass is 298 g/mol. The molecule has 6 nitrogen and oxygen atoms in total. The van der Waals surface area contributed by atoms with E-state index in [1.54, 1.807) is 0 Å². The van der Waals surface area contributed by atoms with E-state index >= 15 is 0 Å².